The summed E-state index contributed by atoms with van der Waals surface area (Å²) in [5.41, 5.74) is 11.3. The number of carbonyl (C=O) groups excluding carboxylic acids is 1. The largest absolute Gasteiger partial charge is 0.497 e. The molecular formula is C26H27N3O4. The van der Waals surface area contributed by atoms with Crippen LogP contribution < -0.4 is 25.3 Å². The van der Waals surface area contributed by atoms with Crippen molar-refractivity contribution in [3.63, 3.8) is 0 Å². The van der Waals surface area contributed by atoms with Gasteiger partial charge in [0.15, 0.2) is 11.5 Å². The van der Waals surface area contributed by atoms with Crippen LogP contribution in [0, 0.1) is 0 Å². The highest BCUT2D eigenvalue weighted by Gasteiger charge is 2.17. The summed E-state index contributed by atoms with van der Waals surface area (Å²) >= 11 is 0. The van der Waals surface area contributed by atoms with Gasteiger partial charge in [-0.15, -0.1) is 0 Å². The lowest BCUT2D eigenvalue weighted by atomic mass is 10.1. The minimum atomic E-state index is -0.220. The Bertz CT molecular complexity index is 1310. The molecule has 0 aliphatic heterocycles. The van der Waals surface area contributed by atoms with Crippen LogP contribution in [-0.4, -0.2) is 31.8 Å². The molecule has 1 aromatic heterocycles. The fourth-order valence-electron chi connectivity index (χ4n) is 4.02. The SMILES string of the molecule is CCn1c(-c2ccc(C(=O)Nc3ccc(OC)c(OC)c3)cc2)c(N)c2ccc(OC)cc21. The van der Waals surface area contributed by atoms with Gasteiger partial charge < -0.3 is 29.8 Å². The molecule has 33 heavy (non-hydrogen) atoms. The highest BCUT2D eigenvalue weighted by molar-refractivity contribution is 6.05. The monoisotopic (exact) mass is 445 g/mol. The summed E-state index contributed by atoms with van der Waals surface area (Å²) in [7, 11) is 4.77. The van der Waals surface area contributed by atoms with E-state index in [-0.39, 0.29) is 5.91 Å². The molecule has 0 fully saturated rings. The normalized spacial score (nSPS) is 10.8. The average Bonchev–Trinajstić information content (AvgIpc) is 3.14. The third kappa shape index (κ3) is 4.05. The fraction of sp³-hybridized carbons (Fsp3) is 0.192. The van der Waals surface area contributed by atoms with Crippen molar-refractivity contribution in [2.45, 2.75) is 13.5 Å². The van der Waals surface area contributed by atoms with E-state index in [1.165, 1.54) is 0 Å². The molecule has 3 N–H and O–H groups in total. The zero-order chi connectivity index (χ0) is 23.5. The van der Waals surface area contributed by atoms with E-state index in [1.807, 2.05) is 30.3 Å². The first-order valence-corrected chi connectivity index (χ1v) is 10.6. The summed E-state index contributed by atoms with van der Waals surface area (Å²) in [5, 5.41) is 3.87. The van der Waals surface area contributed by atoms with Crippen LogP contribution in [-0.2, 0) is 6.54 Å². The number of nitrogens with zero attached hydrogens (tertiary/aromatic N) is 1. The summed E-state index contributed by atoms with van der Waals surface area (Å²) < 4.78 is 18.1. The first kappa shape index (κ1) is 22.1. The Kier molecular flexibility index (Phi) is 6.13. The number of fused-ring (bicyclic) bond motifs is 1. The third-order valence-corrected chi connectivity index (χ3v) is 5.69. The topological polar surface area (TPSA) is 87.7 Å². The molecule has 0 radical (unpaired) electrons. The van der Waals surface area contributed by atoms with Gasteiger partial charge in [0.25, 0.3) is 5.91 Å². The number of nitrogens with one attached hydrogen (secondary N) is 1. The van der Waals surface area contributed by atoms with Crippen molar-refractivity contribution in [3.8, 4) is 28.5 Å². The van der Waals surface area contributed by atoms with Crippen LogP contribution in [0.2, 0.25) is 0 Å². The Morgan fingerprint density at radius 3 is 2.27 bits per heavy atom. The second-order valence-corrected chi connectivity index (χ2v) is 7.49. The van der Waals surface area contributed by atoms with Crippen LogP contribution >= 0.6 is 0 Å². The smallest absolute Gasteiger partial charge is 0.255 e. The molecule has 0 atom stereocenters. The molecule has 3 aromatic carbocycles. The van der Waals surface area contributed by atoms with E-state index in [2.05, 4.69) is 16.8 Å². The number of ether oxygens (including phenoxy) is 3. The number of rotatable bonds is 7. The molecule has 0 saturated carbocycles. The van der Waals surface area contributed by atoms with Crippen LogP contribution in [0.5, 0.6) is 17.2 Å². The van der Waals surface area contributed by atoms with Crippen molar-refractivity contribution in [1.82, 2.24) is 4.57 Å². The minimum absolute atomic E-state index is 0.220. The number of hydrogen-bond donors (Lipinski definition) is 2. The van der Waals surface area contributed by atoms with E-state index < -0.39 is 0 Å². The van der Waals surface area contributed by atoms with Gasteiger partial charge in [-0.3, -0.25) is 4.79 Å². The molecule has 4 aromatic rings. The molecule has 0 bridgehead atoms. The molecule has 0 unspecified atom stereocenters. The van der Waals surface area contributed by atoms with Crippen LogP contribution in [0.25, 0.3) is 22.2 Å². The summed E-state index contributed by atoms with van der Waals surface area (Å²) in [6.45, 7) is 2.82. The third-order valence-electron chi connectivity index (χ3n) is 5.69. The van der Waals surface area contributed by atoms with E-state index in [0.29, 0.717) is 28.4 Å². The Hall–Kier alpha value is -4.13. The summed E-state index contributed by atoms with van der Waals surface area (Å²) in [5.74, 6) is 1.71. The Balaban J connectivity index is 1.63. The maximum Gasteiger partial charge on any atom is 0.255 e. The first-order valence-electron chi connectivity index (χ1n) is 10.6. The van der Waals surface area contributed by atoms with Gasteiger partial charge in [0.2, 0.25) is 0 Å². The lowest BCUT2D eigenvalue weighted by Crippen LogP contribution is -2.12. The maximum absolute atomic E-state index is 12.8. The molecular weight excluding hydrogens is 418 g/mol. The highest BCUT2D eigenvalue weighted by Crippen LogP contribution is 2.37. The van der Waals surface area contributed by atoms with E-state index in [4.69, 9.17) is 19.9 Å². The van der Waals surface area contributed by atoms with Crippen LogP contribution in [0.15, 0.2) is 60.7 Å². The molecule has 0 saturated heterocycles. The number of benzene rings is 3. The summed E-state index contributed by atoms with van der Waals surface area (Å²) in [4.78, 5) is 12.8. The van der Waals surface area contributed by atoms with Gasteiger partial charge in [-0.05, 0) is 43.3 Å². The minimum Gasteiger partial charge on any atom is -0.497 e. The second-order valence-electron chi connectivity index (χ2n) is 7.49. The molecule has 1 heterocycles. The number of nitrogens with two attached hydrogens (primary N) is 1. The number of amides is 1. The van der Waals surface area contributed by atoms with Crippen molar-refractivity contribution in [2.24, 2.45) is 0 Å². The number of aryl methyl sites for hydroxylation is 1. The molecule has 0 aliphatic carbocycles. The summed E-state index contributed by atoms with van der Waals surface area (Å²) in [6.07, 6.45) is 0. The quantitative estimate of drug-likeness (QED) is 0.409. The van der Waals surface area contributed by atoms with E-state index in [1.54, 1.807) is 51.7 Å². The van der Waals surface area contributed by atoms with Crippen LogP contribution in [0.4, 0.5) is 11.4 Å². The zero-order valence-electron chi connectivity index (χ0n) is 19.1. The number of aromatic nitrogens is 1. The van der Waals surface area contributed by atoms with Gasteiger partial charge in [-0.1, -0.05) is 12.1 Å². The fourth-order valence-corrected chi connectivity index (χ4v) is 4.02. The van der Waals surface area contributed by atoms with Crippen molar-refractivity contribution in [3.05, 3.63) is 66.2 Å². The van der Waals surface area contributed by atoms with Crippen LogP contribution in [0.3, 0.4) is 0 Å². The predicted molar refractivity (Wildman–Crippen MR) is 132 cm³/mol. The lowest BCUT2D eigenvalue weighted by Gasteiger charge is -2.12. The molecule has 7 heteroatoms. The van der Waals surface area contributed by atoms with E-state index in [9.17, 15) is 4.79 Å². The van der Waals surface area contributed by atoms with Gasteiger partial charge >= 0.3 is 0 Å². The molecule has 7 nitrogen and oxygen atoms in total. The van der Waals surface area contributed by atoms with Gasteiger partial charge in [-0.25, -0.2) is 0 Å². The number of hydrogen-bond acceptors (Lipinski definition) is 5. The number of anilines is 2. The molecule has 0 aliphatic rings. The first-order chi connectivity index (χ1) is 16.0. The number of methoxy groups -OCH3 is 3. The van der Waals surface area contributed by atoms with Gasteiger partial charge in [0, 0.05) is 40.9 Å². The number of nitrogen functional groups attached to an aromatic ring is 1. The molecule has 0 spiro atoms. The lowest BCUT2D eigenvalue weighted by molar-refractivity contribution is 0.102. The van der Waals surface area contributed by atoms with Gasteiger partial charge in [-0.2, -0.15) is 0 Å². The Labute approximate surface area is 192 Å². The Morgan fingerprint density at radius 1 is 0.909 bits per heavy atom. The van der Waals surface area contributed by atoms with Gasteiger partial charge in [0.05, 0.1) is 38.2 Å². The Morgan fingerprint density at radius 2 is 1.64 bits per heavy atom. The van der Waals surface area contributed by atoms with E-state index >= 15 is 0 Å². The zero-order valence-corrected chi connectivity index (χ0v) is 19.1. The predicted octanol–water partition coefficient (Wildman–Crippen LogP) is 5.19. The van der Waals surface area contributed by atoms with Gasteiger partial charge in [0.1, 0.15) is 5.75 Å². The standard InChI is InChI=1S/C26H27N3O4/c1-5-29-21-15-19(31-2)11-12-20(21)24(27)25(29)16-6-8-17(9-7-16)26(30)28-18-10-13-22(32-3)23(14-18)33-4/h6-15H,5,27H2,1-4H3,(H,28,30). The van der Waals surface area contributed by atoms with Crippen molar-refractivity contribution in [2.75, 3.05) is 32.4 Å². The molecule has 1 amide bonds. The maximum atomic E-state index is 12.8. The van der Waals surface area contributed by atoms with Crippen molar-refractivity contribution >= 4 is 28.2 Å². The van der Waals surface area contributed by atoms with E-state index in [0.717, 1.165) is 34.5 Å². The molecule has 4 rings (SSSR count). The van der Waals surface area contributed by atoms with Crippen molar-refractivity contribution in [1.29, 1.82) is 0 Å². The summed E-state index contributed by atoms with van der Waals surface area (Å²) in [6, 6.07) is 18.5. The number of carbonyl (C=O) groups is 1. The average molecular weight is 446 g/mol. The van der Waals surface area contributed by atoms with Crippen molar-refractivity contribution < 1.29 is 19.0 Å². The highest BCUT2D eigenvalue weighted by atomic mass is 16.5. The van der Waals surface area contributed by atoms with Crippen LogP contribution in [0.1, 0.15) is 17.3 Å². The second kappa shape index (κ2) is 9.16. The molecule has 170 valence electrons.